The zero-order valence-electron chi connectivity index (χ0n) is 17.6. The van der Waals surface area contributed by atoms with Gasteiger partial charge in [-0.3, -0.25) is 14.6 Å². The van der Waals surface area contributed by atoms with Crippen molar-refractivity contribution in [2.75, 3.05) is 39.3 Å². The van der Waals surface area contributed by atoms with Crippen LogP contribution < -0.4 is 0 Å². The van der Waals surface area contributed by atoms with E-state index in [2.05, 4.69) is 4.90 Å². The minimum Gasteiger partial charge on any atom is -0.452 e. The maximum atomic E-state index is 12.9. The fourth-order valence-corrected chi connectivity index (χ4v) is 5.02. The third kappa shape index (κ3) is 5.87. The van der Waals surface area contributed by atoms with Crippen molar-refractivity contribution in [2.24, 2.45) is 0 Å². The summed E-state index contributed by atoms with van der Waals surface area (Å²) in [5, 5.41) is 4.13. The largest absolute Gasteiger partial charge is 0.490 e. The van der Waals surface area contributed by atoms with Gasteiger partial charge in [0, 0.05) is 49.7 Å². The number of benzene rings is 1. The molecule has 4 rings (SSSR count). The Kier molecular flexibility index (Phi) is 7.28. The van der Waals surface area contributed by atoms with Crippen LogP contribution >= 0.6 is 22.9 Å². The second kappa shape index (κ2) is 10.0. The summed E-state index contributed by atoms with van der Waals surface area (Å²) in [7, 11) is 0. The summed E-state index contributed by atoms with van der Waals surface area (Å²) in [4.78, 5) is 30.1. The molecule has 2 aliphatic heterocycles. The van der Waals surface area contributed by atoms with E-state index in [0.29, 0.717) is 36.8 Å². The molecule has 0 unspecified atom stereocenters. The lowest BCUT2D eigenvalue weighted by molar-refractivity contribution is -0.206. The molecule has 3 heterocycles. The Morgan fingerprint density at radius 3 is 2.36 bits per heavy atom. The summed E-state index contributed by atoms with van der Waals surface area (Å²) < 4.78 is 43.4. The zero-order valence-corrected chi connectivity index (χ0v) is 19.2. The molecule has 2 aromatic rings. The normalized spacial score (nSPS) is 22.5. The van der Waals surface area contributed by atoms with Crippen LogP contribution in [0.25, 0.3) is 0 Å². The van der Waals surface area contributed by atoms with Crippen LogP contribution in [-0.2, 0) is 16.1 Å². The van der Waals surface area contributed by atoms with Gasteiger partial charge in [-0.2, -0.15) is 24.5 Å². The van der Waals surface area contributed by atoms with Crippen LogP contribution in [0.5, 0.6) is 0 Å². The predicted molar refractivity (Wildman–Crippen MR) is 118 cm³/mol. The van der Waals surface area contributed by atoms with Crippen LogP contribution in [0.15, 0.2) is 41.1 Å². The molecule has 11 heteroatoms. The van der Waals surface area contributed by atoms with Crippen LogP contribution in [-0.4, -0.2) is 84.2 Å². The third-order valence-electron chi connectivity index (χ3n) is 5.98. The number of carbonyl (C=O) groups is 2. The van der Waals surface area contributed by atoms with Gasteiger partial charge in [-0.15, -0.1) is 0 Å². The predicted octanol–water partition coefficient (Wildman–Crippen LogP) is 3.52. The van der Waals surface area contributed by atoms with Crippen LogP contribution in [0.1, 0.15) is 15.9 Å². The van der Waals surface area contributed by atoms with E-state index >= 15 is 0 Å². The number of carbonyl (C=O) groups excluding carboxylic acids is 2. The molecule has 0 N–H and O–H groups in total. The van der Waals surface area contributed by atoms with Gasteiger partial charge in [-0.05, 0) is 29.1 Å². The molecule has 1 amide bonds. The summed E-state index contributed by atoms with van der Waals surface area (Å²) >= 11 is 7.30. The molecule has 2 saturated heterocycles. The highest BCUT2D eigenvalue weighted by Crippen LogP contribution is 2.26. The number of ether oxygens (including phenoxy) is 1. The monoisotopic (exact) mass is 501 g/mol. The standard InChI is InChI=1S/C22H23ClF3N3O3S/c23-17-3-1-15(2-4-17)11-27-6-8-28(9-7-27)18-12-29(20(30)16-5-10-33-14-16)13-19(18)32-21(31)22(24,25)26/h1-5,10,14,18-19H,6-9,11-13H2/t18-,19-/m0/s1. The van der Waals surface area contributed by atoms with E-state index in [1.807, 2.05) is 29.2 Å². The topological polar surface area (TPSA) is 53.1 Å². The number of hydrogen-bond acceptors (Lipinski definition) is 6. The SMILES string of the molecule is O=C(c1ccsc1)N1C[C@H](OC(=O)C(F)(F)F)[C@@H](N2CCN(Cc3ccc(Cl)cc3)CC2)C1. The number of piperazine rings is 1. The van der Waals surface area contributed by atoms with Crippen molar-refractivity contribution in [1.29, 1.82) is 0 Å². The number of likely N-dealkylation sites (tertiary alicyclic amines) is 1. The first kappa shape index (κ1) is 24.0. The van der Waals surface area contributed by atoms with Gasteiger partial charge in [-0.25, -0.2) is 4.79 Å². The number of thiophene rings is 1. The number of rotatable bonds is 5. The van der Waals surface area contributed by atoms with Crippen LogP contribution in [0.3, 0.4) is 0 Å². The molecule has 2 fully saturated rings. The molecule has 0 spiro atoms. The van der Waals surface area contributed by atoms with Crippen LogP contribution in [0.4, 0.5) is 13.2 Å². The fraction of sp³-hybridized carbons (Fsp3) is 0.455. The van der Waals surface area contributed by atoms with Gasteiger partial charge in [0.1, 0.15) is 6.10 Å². The fourth-order valence-electron chi connectivity index (χ4n) is 4.26. The second-order valence-electron chi connectivity index (χ2n) is 8.17. The van der Waals surface area contributed by atoms with Gasteiger partial charge in [-0.1, -0.05) is 23.7 Å². The Morgan fingerprint density at radius 1 is 1.06 bits per heavy atom. The molecular weight excluding hydrogens is 479 g/mol. The van der Waals surface area contributed by atoms with Crippen molar-refractivity contribution < 1.29 is 27.5 Å². The summed E-state index contributed by atoms with van der Waals surface area (Å²) in [6, 6.07) is 8.79. The molecule has 6 nitrogen and oxygen atoms in total. The highest BCUT2D eigenvalue weighted by Gasteiger charge is 2.47. The minimum atomic E-state index is -5.08. The van der Waals surface area contributed by atoms with Gasteiger partial charge in [0.25, 0.3) is 5.91 Å². The Morgan fingerprint density at radius 2 is 1.76 bits per heavy atom. The molecule has 2 aliphatic rings. The number of halogens is 4. The number of nitrogens with zero attached hydrogens (tertiary/aromatic N) is 3. The molecule has 1 aromatic carbocycles. The van der Waals surface area contributed by atoms with E-state index in [4.69, 9.17) is 16.3 Å². The number of amides is 1. The molecule has 0 bridgehead atoms. The van der Waals surface area contributed by atoms with E-state index in [9.17, 15) is 22.8 Å². The highest BCUT2D eigenvalue weighted by molar-refractivity contribution is 7.08. The molecule has 178 valence electrons. The molecule has 2 atom stereocenters. The average molecular weight is 502 g/mol. The maximum Gasteiger partial charge on any atom is 0.490 e. The summed E-state index contributed by atoms with van der Waals surface area (Å²) in [5.41, 5.74) is 1.60. The Hall–Kier alpha value is -2.14. The van der Waals surface area contributed by atoms with Crippen molar-refractivity contribution >= 4 is 34.8 Å². The van der Waals surface area contributed by atoms with E-state index in [1.54, 1.807) is 16.8 Å². The summed E-state index contributed by atoms with van der Waals surface area (Å²) in [5.74, 6) is -2.49. The van der Waals surface area contributed by atoms with Gasteiger partial charge in [0.05, 0.1) is 18.2 Å². The molecule has 0 aliphatic carbocycles. The Bertz CT molecular complexity index is 964. The quantitative estimate of drug-likeness (QED) is 0.587. The van der Waals surface area contributed by atoms with Gasteiger partial charge < -0.3 is 9.64 Å². The van der Waals surface area contributed by atoms with E-state index in [1.165, 1.54) is 16.2 Å². The summed E-state index contributed by atoms with van der Waals surface area (Å²) in [6.07, 6.45) is -6.11. The number of hydrogen-bond donors (Lipinski definition) is 0. The smallest absolute Gasteiger partial charge is 0.452 e. The third-order valence-corrected chi connectivity index (χ3v) is 6.91. The minimum absolute atomic E-state index is 0.0633. The first-order valence-corrected chi connectivity index (χ1v) is 11.8. The molecular formula is C22H23ClF3N3O3S. The maximum absolute atomic E-state index is 12.9. The van der Waals surface area contributed by atoms with Crippen LogP contribution in [0.2, 0.25) is 5.02 Å². The average Bonchev–Trinajstić information content (AvgIpc) is 3.45. The Balaban J connectivity index is 1.41. The zero-order chi connectivity index (χ0) is 23.6. The first-order valence-electron chi connectivity index (χ1n) is 10.5. The Labute approximate surface area is 198 Å². The van der Waals surface area contributed by atoms with Crippen molar-refractivity contribution in [1.82, 2.24) is 14.7 Å². The van der Waals surface area contributed by atoms with E-state index in [0.717, 1.165) is 12.1 Å². The van der Waals surface area contributed by atoms with E-state index < -0.39 is 24.3 Å². The lowest BCUT2D eigenvalue weighted by atomic mass is 10.1. The van der Waals surface area contributed by atoms with Crippen molar-refractivity contribution in [2.45, 2.75) is 24.9 Å². The van der Waals surface area contributed by atoms with Crippen LogP contribution in [0, 0.1) is 0 Å². The van der Waals surface area contributed by atoms with Gasteiger partial charge in [0.15, 0.2) is 0 Å². The molecule has 0 saturated carbocycles. The number of alkyl halides is 3. The van der Waals surface area contributed by atoms with Crippen molar-refractivity contribution in [3.8, 4) is 0 Å². The highest BCUT2D eigenvalue weighted by atomic mass is 35.5. The lowest BCUT2D eigenvalue weighted by Gasteiger charge is -2.39. The molecule has 1 aromatic heterocycles. The lowest BCUT2D eigenvalue weighted by Crippen LogP contribution is -2.54. The first-order chi connectivity index (χ1) is 15.7. The molecule has 33 heavy (non-hydrogen) atoms. The molecule has 0 radical (unpaired) electrons. The van der Waals surface area contributed by atoms with E-state index in [-0.39, 0.29) is 19.0 Å². The van der Waals surface area contributed by atoms with Crippen molar-refractivity contribution in [3.05, 3.63) is 57.2 Å². The van der Waals surface area contributed by atoms with Crippen molar-refractivity contribution in [3.63, 3.8) is 0 Å². The van der Waals surface area contributed by atoms with Gasteiger partial charge >= 0.3 is 12.1 Å². The second-order valence-corrected chi connectivity index (χ2v) is 9.39. The summed E-state index contributed by atoms with van der Waals surface area (Å²) in [6.45, 7) is 3.49. The number of esters is 1. The van der Waals surface area contributed by atoms with Gasteiger partial charge in [0.2, 0.25) is 0 Å².